The van der Waals surface area contributed by atoms with Crippen LogP contribution in [0.25, 0.3) is 0 Å². The van der Waals surface area contributed by atoms with Crippen molar-refractivity contribution in [2.75, 3.05) is 17.3 Å². The molecule has 0 aliphatic carbocycles. The number of thioether (sulfide) groups is 1. The number of amides is 1. The molecule has 0 aliphatic rings. The molecule has 3 N–H and O–H groups in total. The molecule has 0 unspecified atom stereocenters. The predicted molar refractivity (Wildman–Crippen MR) is 119 cm³/mol. The molecule has 158 valence electrons. The van der Waals surface area contributed by atoms with Crippen LogP contribution in [0.1, 0.15) is 25.3 Å². The van der Waals surface area contributed by atoms with Gasteiger partial charge in [-0.25, -0.2) is 13.1 Å². The minimum Gasteiger partial charge on any atom is -0.383 e. The van der Waals surface area contributed by atoms with Crippen molar-refractivity contribution >= 4 is 39.0 Å². The monoisotopic (exact) mass is 444 g/mol. The van der Waals surface area contributed by atoms with E-state index in [-0.39, 0.29) is 33.1 Å². The zero-order valence-corrected chi connectivity index (χ0v) is 18.6. The van der Waals surface area contributed by atoms with E-state index in [1.165, 1.54) is 22.4 Å². The third-order valence-electron chi connectivity index (χ3n) is 4.59. The van der Waals surface area contributed by atoms with E-state index in [1.807, 2.05) is 24.3 Å². The average molecular weight is 445 g/mol. The van der Waals surface area contributed by atoms with Crippen LogP contribution < -0.4 is 11.1 Å². The Morgan fingerprint density at radius 2 is 1.77 bits per heavy atom. The molecule has 7 nitrogen and oxygen atoms in total. The molecular formula is C21H24N4O3S2. The van der Waals surface area contributed by atoms with Crippen LogP contribution in [0.3, 0.4) is 0 Å². The van der Waals surface area contributed by atoms with Gasteiger partial charge in [0.25, 0.3) is 0 Å². The topological polar surface area (TPSA) is 107 Å². The number of nitrogens with zero attached hydrogens (tertiary/aromatic N) is 2. The third-order valence-corrected chi connectivity index (χ3v) is 7.22. The second-order valence-electron chi connectivity index (χ2n) is 7.02. The molecule has 1 amide bonds. The number of benzene rings is 2. The number of anilines is 2. The molecule has 3 aromatic rings. The molecule has 1 heterocycles. The molecule has 3 rings (SSSR count). The molecule has 9 heteroatoms. The highest BCUT2D eigenvalue weighted by Crippen LogP contribution is 2.33. The number of nitrogen functional groups attached to an aromatic ring is 1. The van der Waals surface area contributed by atoms with Gasteiger partial charge >= 0.3 is 0 Å². The van der Waals surface area contributed by atoms with Gasteiger partial charge in [-0.05, 0) is 42.0 Å². The van der Waals surface area contributed by atoms with Crippen LogP contribution in [0.15, 0.2) is 69.4 Å². The zero-order chi connectivity index (χ0) is 21.9. The molecule has 0 aliphatic heterocycles. The fourth-order valence-electron chi connectivity index (χ4n) is 2.95. The fourth-order valence-corrected chi connectivity index (χ4v) is 5.40. The Hall–Kier alpha value is -2.78. The van der Waals surface area contributed by atoms with E-state index in [0.717, 1.165) is 11.8 Å². The van der Waals surface area contributed by atoms with Crippen molar-refractivity contribution in [3.8, 4) is 0 Å². The van der Waals surface area contributed by atoms with E-state index in [0.29, 0.717) is 11.6 Å². The minimum absolute atomic E-state index is 0.0616. The van der Waals surface area contributed by atoms with Gasteiger partial charge in [-0.2, -0.15) is 5.10 Å². The molecule has 0 radical (unpaired) electrons. The van der Waals surface area contributed by atoms with Crippen molar-refractivity contribution < 1.29 is 13.2 Å². The van der Waals surface area contributed by atoms with Crippen molar-refractivity contribution in [1.29, 1.82) is 0 Å². The van der Waals surface area contributed by atoms with Crippen molar-refractivity contribution in [2.45, 2.75) is 41.1 Å². The van der Waals surface area contributed by atoms with E-state index in [9.17, 15) is 13.2 Å². The summed E-state index contributed by atoms with van der Waals surface area (Å²) in [6.07, 6.45) is 1.71. The Kier molecular flexibility index (Phi) is 6.52. The first-order chi connectivity index (χ1) is 14.2. The van der Waals surface area contributed by atoms with Gasteiger partial charge in [0, 0.05) is 5.69 Å². The van der Waals surface area contributed by atoms with Crippen LogP contribution >= 0.6 is 11.8 Å². The number of hydrogen-bond donors (Lipinski definition) is 2. The molecule has 0 fully saturated rings. The quantitative estimate of drug-likeness (QED) is 0.537. The molecule has 0 bridgehead atoms. The summed E-state index contributed by atoms with van der Waals surface area (Å²) in [6.45, 7) is 3.99. The van der Waals surface area contributed by atoms with Crippen molar-refractivity contribution in [2.24, 2.45) is 0 Å². The molecule has 0 spiro atoms. The maximum atomic E-state index is 13.1. The lowest BCUT2D eigenvalue weighted by Gasteiger charge is -2.09. The van der Waals surface area contributed by atoms with Gasteiger partial charge in [-0.1, -0.05) is 44.2 Å². The Labute approximate surface area is 180 Å². The lowest BCUT2D eigenvalue weighted by molar-refractivity contribution is -0.116. The Bertz CT molecular complexity index is 1140. The summed E-state index contributed by atoms with van der Waals surface area (Å²) in [5, 5.41) is 7.30. The van der Waals surface area contributed by atoms with Crippen LogP contribution in [0.5, 0.6) is 0 Å². The Balaban J connectivity index is 1.84. The molecule has 1 aromatic heterocycles. The molecule has 2 aromatic carbocycles. The van der Waals surface area contributed by atoms with Crippen molar-refractivity contribution in [3.63, 3.8) is 0 Å². The van der Waals surface area contributed by atoms with Crippen LogP contribution in [0, 0.1) is 0 Å². The van der Waals surface area contributed by atoms with E-state index in [2.05, 4.69) is 24.3 Å². The predicted octanol–water partition coefficient (Wildman–Crippen LogP) is 3.78. The smallest absolute Gasteiger partial charge is 0.246 e. The number of hydrogen-bond acceptors (Lipinski definition) is 6. The van der Waals surface area contributed by atoms with Crippen LogP contribution in [0.2, 0.25) is 0 Å². The highest BCUT2D eigenvalue weighted by Gasteiger charge is 2.29. The van der Waals surface area contributed by atoms with Crippen LogP contribution in [-0.2, 0) is 21.2 Å². The number of carbonyl (C=O) groups is 1. The number of aromatic nitrogens is 2. The number of carbonyl (C=O) groups excluding carboxylic acids is 1. The van der Waals surface area contributed by atoms with E-state index >= 15 is 0 Å². The van der Waals surface area contributed by atoms with Crippen LogP contribution in [-0.4, -0.2) is 30.4 Å². The Morgan fingerprint density at radius 1 is 1.13 bits per heavy atom. The van der Waals surface area contributed by atoms with E-state index in [4.69, 9.17) is 5.73 Å². The summed E-state index contributed by atoms with van der Waals surface area (Å²) in [5.41, 5.74) is 7.95. The lowest BCUT2D eigenvalue weighted by Crippen LogP contribution is -2.21. The Morgan fingerprint density at radius 3 is 2.33 bits per heavy atom. The first-order valence-corrected chi connectivity index (χ1v) is 12.0. The summed E-state index contributed by atoms with van der Waals surface area (Å²) < 4.78 is 27.3. The minimum atomic E-state index is -3.86. The van der Waals surface area contributed by atoms with Gasteiger partial charge in [-0.15, -0.1) is 11.8 Å². The number of nitrogens with two attached hydrogens (primary N) is 1. The van der Waals surface area contributed by atoms with Crippen LogP contribution in [0.4, 0.5) is 11.5 Å². The molecule has 0 atom stereocenters. The maximum absolute atomic E-state index is 13.1. The summed E-state index contributed by atoms with van der Waals surface area (Å²) in [4.78, 5) is 12.6. The highest BCUT2D eigenvalue weighted by atomic mass is 32.2. The SMILES string of the molecule is CSc1nn(CC(=O)Nc2ccc(C(C)C)cc2)c(N)c1S(=O)(=O)c1ccccc1. The second kappa shape index (κ2) is 8.93. The zero-order valence-electron chi connectivity index (χ0n) is 17.0. The van der Waals surface area contributed by atoms with E-state index in [1.54, 1.807) is 24.5 Å². The van der Waals surface area contributed by atoms with Gasteiger partial charge in [0.1, 0.15) is 22.3 Å². The van der Waals surface area contributed by atoms with E-state index < -0.39 is 9.84 Å². The average Bonchev–Trinajstić information content (AvgIpc) is 3.05. The number of rotatable bonds is 7. The summed E-state index contributed by atoms with van der Waals surface area (Å²) >= 11 is 1.16. The largest absolute Gasteiger partial charge is 0.383 e. The second-order valence-corrected chi connectivity index (χ2v) is 9.70. The summed E-state index contributed by atoms with van der Waals surface area (Å²) in [7, 11) is -3.86. The molecule has 30 heavy (non-hydrogen) atoms. The van der Waals surface area contributed by atoms with Crippen molar-refractivity contribution in [3.05, 3.63) is 60.2 Å². The lowest BCUT2D eigenvalue weighted by atomic mass is 10.0. The number of nitrogens with one attached hydrogen (secondary N) is 1. The maximum Gasteiger partial charge on any atom is 0.246 e. The van der Waals surface area contributed by atoms with Gasteiger partial charge in [0.15, 0.2) is 0 Å². The highest BCUT2D eigenvalue weighted by molar-refractivity contribution is 7.99. The first kappa shape index (κ1) is 21.9. The summed E-state index contributed by atoms with van der Waals surface area (Å²) in [6, 6.07) is 15.6. The standard InChI is InChI=1S/C21H24N4O3S2/c1-14(2)15-9-11-16(12-10-15)23-18(26)13-25-20(22)19(21(24-25)29-3)30(27,28)17-7-5-4-6-8-17/h4-12,14H,13,22H2,1-3H3,(H,23,26). The molecule has 0 saturated heterocycles. The number of sulfone groups is 1. The van der Waals surface area contributed by atoms with Gasteiger partial charge in [0.2, 0.25) is 15.7 Å². The van der Waals surface area contributed by atoms with Gasteiger partial charge in [0.05, 0.1) is 4.90 Å². The van der Waals surface area contributed by atoms with Gasteiger partial charge in [-0.3, -0.25) is 4.79 Å². The summed E-state index contributed by atoms with van der Waals surface area (Å²) in [5.74, 6) is -0.0140. The van der Waals surface area contributed by atoms with Gasteiger partial charge < -0.3 is 11.1 Å². The molecular weight excluding hydrogens is 420 g/mol. The fraction of sp³-hybridized carbons (Fsp3) is 0.238. The third kappa shape index (κ3) is 4.52. The molecule has 0 saturated carbocycles. The normalized spacial score (nSPS) is 11.6. The van der Waals surface area contributed by atoms with Crippen molar-refractivity contribution in [1.82, 2.24) is 9.78 Å². The first-order valence-electron chi connectivity index (χ1n) is 9.34.